The summed E-state index contributed by atoms with van der Waals surface area (Å²) >= 11 is 5.92. The normalized spacial score (nSPS) is 19.4. The molecule has 6 heteroatoms. The van der Waals surface area contributed by atoms with Gasteiger partial charge in [-0.2, -0.15) is 0 Å². The average Bonchev–Trinajstić information content (AvgIpc) is 2.45. The van der Waals surface area contributed by atoms with Crippen molar-refractivity contribution < 1.29 is 14.3 Å². The van der Waals surface area contributed by atoms with E-state index in [1.807, 2.05) is 27.7 Å². The van der Waals surface area contributed by atoms with Crippen LogP contribution in [0.25, 0.3) is 0 Å². The molecule has 0 saturated carbocycles. The van der Waals surface area contributed by atoms with Gasteiger partial charge in [0.25, 0.3) is 0 Å². The standard InChI is InChI=1S/C18H23ClN2O3/c1-10-14(16(22)24-11(2)18(3,4)5)15(21-17(23)20-10)12-6-8-13(19)9-7-12/h6-9,11,15H,1-5H3,(H2,20,21,23)/t11-,15+/m1/s1. The summed E-state index contributed by atoms with van der Waals surface area (Å²) in [5, 5.41) is 6.00. The van der Waals surface area contributed by atoms with Crippen LogP contribution in [0.4, 0.5) is 4.79 Å². The van der Waals surface area contributed by atoms with Crippen molar-refractivity contribution in [3.05, 3.63) is 46.1 Å². The number of esters is 1. The number of halogens is 1. The van der Waals surface area contributed by atoms with Crippen LogP contribution in [0.5, 0.6) is 0 Å². The Balaban J connectivity index is 2.35. The number of nitrogens with one attached hydrogen (secondary N) is 2. The lowest BCUT2D eigenvalue weighted by Gasteiger charge is -2.31. The zero-order valence-electron chi connectivity index (χ0n) is 14.6. The van der Waals surface area contributed by atoms with E-state index in [-0.39, 0.29) is 17.6 Å². The monoisotopic (exact) mass is 350 g/mol. The molecule has 0 radical (unpaired) electrons. The molecule has 0 fully saturated rings. The number of ether oxygens (including phenoxy) is 1. The van der Waals surface area contributed by atoms with Crippen molar-refractivity contribution in [3.63, 3.8) is 0 Å². The Morgan fingerprint density at radius 3 is 2.38 bits per heavy atom. The minimum absolute atomic E-state index is 0.175. The van der Waals surface area contributed by atoms with Crippen LogP contribution in [0.3, 0.4) is 0 Å². The maximum atomic E-state index is 12.7. The van der Waals surface area contributed by atoms with E-state index in [0.717, 1.165) is 5.56 Å². The molecule has 0 aromatic heterocycles. The minimum atomic E-state index is -0.573. The van der Waals surface area contributed by atoms with Gasteiger partial charge in [-0.1, -0.05) is 44.5 Å². The van der Waals surface area contributed by atoms with E-state index in [0.29, 0.717) is 16.3 Å². The number of hydrogen-bond donors (Lipinski definition) is 2. The molecule has 2 rings (SSSR count). The second-order valence-corrected chi connectivity index (χ2v) is 7.47. The molecule has 0 spiro atoms. The van der Waals surface area contributed by atoms with Crippen LogP contribution in [0.15, 0.2) is 35.5 Å². The fourth-order valence-corrected chi connectivity index (χ4v) is 2.40. The third kappa shape index (κ3) is 4.09. The molecule has 0 saturated heterocycles. The van der Waals surface area contributed by atoms with Crippen LogP contribution in [-0.2, 0) is 9.53 Å². The second kappa shape index (κ2) is 6.85. The number of urea groups is 1. The first-order chi connectivity index (χ1) is 11.1. The van der Waals surface area contributed by atoms with Gasteiger partial charge in [-0.05, 0) is 37.0 Å². The highest BCUT2D eigenvalue weighted by Crippen LogP contribution is 2.30. The van der Waals surface area contributed by atoms with E-state index < -0.39 is 12.0 Å². The molecule has 2 N–H and O–H groups in total. The number of amides is 2. The highest BCUT2D eigenvalue weighted by molar-refractivity contribution is 6.30. The largest absolute Gasteiger partial charge is 0.459 e. The van der Waals surface area contributed by atoms with Crippen molar-refractivity contribution >= 4 is 23.6 Å². The predicted octanol–water partition coefficient (Wildman–Crippen LogP) is 3.95. The Labute approximate surface area is 147 Å². The van der Waals surface area contributed by atoms with Crippen LogP contribution in [0, 0.1) is 5.41 Å². The van der Waals surface area contributed by atoms with Gasteiger partial charge in [0, 0.05) is 10.7 Å². The molecular formula is C18H23ClN2O3. The molecule has 2 atom stereocenters. The van der Waals surface area contributed by atoms with E-state index in [1.165, 1.54) is 0 Å². The van der Waals surface area contributed by atoms with Gasteiger partial charge in [-0.15, -0.1) is 0 Å². The molecule has 0 aliphatic carbocycles. The molecule has 130 valence electrons. The number of benzene rings is 1. The van der Waals surface area contributed by atoms with Gasteiger partial charge in [-0.3, -0.25) is 0 Å². The van der Waals surface area contributed by atoms with E-state index in [2.05, 4.69) is 10.6 Å². The van der Waals surface area contributed by atoms with Gasteiger partial charge in [0.2, 0.25) is 0 Å². The minimum Gasteiger partial charge on any atom is -0.459 e. The maximum Gasteiger partial charge on any atom is 0.338 e. The number of carbonyl (C=O) groups excluding carboxylic acids is 2. The molecule has 1 aliphatic heterocycles. The fraction of sp³-hybridized carbons (Fsp3) is 0.444. The molecule has 1 aliphatic rings. The lowest BCUT2D eigenvalue weighted by Crippen LogP contribution is -2.46. The Bertz CT molecular complexity index is 674. The average molecular weight is 351 g/mol. The van der Waals surface area contributed by atoms with Crippen molar-refractivity contribution in [1.29, 1.82) is 0 Å². The van der Waals surface area contributed by atoms with Gasteiger partial charge in [0.15, 0.2) is 0 Å². The van der Waals surface area contributed by atoms with Crippen LogP contribution in [-0.4, -0.2) is 18.1 Å². The zero-order chi connectivity index (χ0) is 18.1. The number of hydrogen-bond acceptors (Lipinski definition) is 3. The van der Waals surface area contributed by atoms with Crippen LogP contribution < -0.4 is 10.6 Å². The van der Waals surface area contributed by atoms with Crippen molar-refractivity contribution in [2.45, 2.75) is 46.8 Å². The molecule has 5 nitrogen and oxygen atoms in total. The fourth-order valence-electron chi connectivity index (χ4n) is 2.27. The van der Waals surface area contributed by atoms with Gasteiger partial charge < -0.3 is 15.4 Å². The molecule has 1 aromatic rings. The van der Waals surface area contributed by atoms with Crippen LogP contribution >= 0.6 is 11.6 Å². The first-order valence-corrected chi connectivity index (χ1v) is 8.22. The molecule has 2 amide bonds. The van der Waals surface area contributed by atoms with Crippen LogP contribution in [0.1, 0.15) is 46.2 Å². The number of rotatable bonds is 3. The molecular weight excluding hydrogens is 328 g/mol. The third-order valence-corrected chi connectivity index (χ3v) is 4.45. The van der Waals surface area contributed by atoms with Crippen molar-refractivity contribution in [2.75, 3.05) is 0 Å². The van der Waals surface area contributed by atoms with E-state index in [4.69, 9.17) is 16.3 Å². The van der Waals surface area contributed by atoms with Gasteiger partial charge in [0.1, 0.15) is 6.10 Å². The quantitative estimate of drug-likeness (QED) is 0.811. The lowest BCUT2D eigenvalue weighted by atomic mass is 9.90. The first kappa shape index (κ1) is 18.3. The van der Waals surface area contributed by atoms with E-state index >= 15 is 0 Å². The summed E-state index contributed by atoms with van der Waals surface area (Å²) in [7, 11) is 0. The van der Waals surface area contributed by atoms with Gasteiger partial charge in [0.05, 0.1) is 11.6 Å². The Hall–Kier alpha value is -2.01. The van der Waals surface area contributed by atoms with E-state index in [1.54, 1.807) is 31.2 Å². The maximum absolute atomic E-state index is 12.7. The van der Waals surface area contributed by atoms with Gasteiger partial charge >= 0.3 is 12.0 Å². The molecule has 0 bridgehead atoms. The molecule has 0 unspecified atom stereocenters. The van der Waals surface area contributed by atoms with Crippen molar-refractivity contribution in [1.82, 2.24) is 10.6 Å². The SMILES string of the molecule is CC1=C(C(=O)O[C@H](C)C(C)(C)C)[C@H](c2ccc(Cl)cc2)NC(=O)N1. The molecule has 1 aromatic carbocycles. The lowest BCUT2D eigenvalue weighted by molar-refractivity contribution is -0.149. The zero-order valence-corrected chi connectivity index (χ0v) is 15.3. The summed E-state index contributed by atoms with van der Waals surface area (Å²) in [6, 6.07) is 6.09. The van der Waals surface area contributed by atoms with Crippen molar-refractivity contribution in [3.8, 4) is 0 Å². The number of allylic oxidation sites excluding steroid dienone is 1. The van der Waals surface area contributed by atoms with Crippen molar-refractivity contribution in [2.24, 2.45) is 5.41 Å². The molecule has 1 heterocycles. The third-order valence-electron chi connectivity index (χ3n) is 4.20. The summed E-state index contributed by atoms with van der Waals surface area (Å²) in [5.41, 5.74) is 1.48. The van der Waals surface area contributed by atoms with E-state index in [9.17, 15) is 9.59 Å². The predicted molar refractivity (Wildman–Crippen MR) is 93.6 cm³/mol. The summed E-state index contributed by atoms with van der Waals surface area (Å²) in [4.78, 5) is 24.6. The molecule has 24 heavy (non-hydrogen) atoms. The summed E-state index contributed by atoms with van der Waals surface area (Å²) < 4.78 is 5.62. The summed E-state index contributed by atoms with van der Waals surface area (Å²) in [6.45, 7) is 9.57. The smallest absolute Gasteiger partial charge is 0.338 e. The highest BCUT2D eigenvalue weighted by Gasteiger charge is 2.34. The van der Waals surface area contributed by atoms with Gasteiger partial charge in [-0.25, -0.2) is 9.59 Å². The second-order valence-electron chi connectivity index (χ2n) is 7.04. The Morgan fingerprint density at radius 1 is 1.25 bits per heavy atom. The summed E-state index contributed by atoms with van der Waals surface area (Å²) in [6.07, 6.45) is -0.270. The Kier molecular flexibility index (Phi) is 5.23. The summed E-state index contributed by atoms with van der Waals surface area (Å²) in [5.74, 6) is -0.442. The van der Waals surface area contributed by atoms with Crippen LogP contribution in [0.2, 0.25) is 5.02 Å². The number of carbonyl (C=O) groups is 2. The topological polar surface area (TPSA) is 67.4 Å². The Morgan fingerprint density at radius 2 is 1.83 bits per heavy atom. The highest BCUT2D eigenvalue weighted by atomic mass is 35.5. The first-order valence-electron chi connectivity index (χ1n) is 7.84.